The average Bonchev–Trinajstić information content (AvgIpc) is 2.63. The Balaban J connectivity index is 2.71. The third-order valence-electron chi connectivity index (χ3n) is 2.83. The van der Waals surface area contributed by atoms with Gasteiger partial charge >= 0.3 is 0 Å². The molecule has 80 valence electrons. The average molecular weight is 203 g/mol. The van der Waals surface area contributed by atoms with Gasteiger partial charge in [-0.1, -0.05) is 45.0 Å². The normalized spacial score (nSPS) is 11.9. The van der Waals surface area contributed by atoms with Crippen molar-refractivity contribution in [3.05, 3.63) is 29.5 Å². The van der Waals surface area contributed by atoms with Crippen molar-refractivity contribution in [2.75, 3.05) is 0 Å². The van der Waals surface area contributed by atoms with Gasteiger partial charge in [0.25, 0.3) is 0 Å². The van der Waals surface area contributed by atoms with Gasteiger partial charge in [0.15, 0.2) is 5.58 Å². The summed E-state index contributed by atoms with van der Waals surface area (Å²) in [4.78, 5) is 0. The van der Waals surface area contributed by atoms with Gasteiger partial charge < -0.3 is 4.52 Å². The maximum atomic E-state index is 5.35. The first kappa shape index (κ1) is 10.2. The highest BCUT2D eigenvalue weighted by Crippen LogP contribution is 2.31. The summed E-state index contributed by atoms with van der Waals surface area (Å²) >= 11 is 0. The highest BCUT2D eigenvalue weighted by atomic mass is 16.5. The van der Waals surface area contributed by atoms with Gasteiger partial charge in [-0.25, -0.2) is 0 Å². The van der Waals surface area contributed by atoms with Gasteiger partial charge in [0.05, 0.1) is 6.20 Å². The zero-order valence-corrected chi connectivity index (χ0v) is 9.74. The minimum atomic E-state index is 0.474. The maximum Gasteiger partial charge on any atom is 0.170 e. The van der Waals surface area contributed by atoms with Gasteiger partial charge in [-0.3, -0.25) is 0 Å². The third-order valence-corrected chi connectivity index (χ3v) is 2.83. The van der Waals surface area contributed by atoms with E-state index in [9.17, 15) is 0 Å². The van der Waals surface area contributed by atoms with Crippen molar-refractivity contribution in [1.82, 2.24) is 5.16 Å². The quantitative estimate of drug-likeness (QED) is 0.735. The Labute approximate surface area is 90.3 Å². The molecular formula is C13H17NO. The van der Waals surface area contributed by atoms with E-state index in [4.69, 9.17) is 4.52 Å². The Kier molecular flexibility index (Phi) is 2.51. The molecule has 2 aromatic rings. The lowest BCUT2D eigenvalue weighted by atomic mass is 9.94. The molecule has 0 radical (unpaired) electrons. The molecule has 0 saturated carbocycles. The molecule has 0 amide bonds. The summed E-state index contributed by atoms with van der Waals surface area (Å²) < 4.78 is 5.35. The van der Waals surface area contributed by atoms with Crippen LogP contribution < -0.4 is 0 Å². The van der Waals surface area contributed by atoms with Crippen LogP contribution in [-0.4, -0.2) is 5.16 Å². The summed E-state index contributed by atoms with van der Waals surface area (Å²) in [7, 11) is 0. The molecule has 2 heteroatoms. The van der Waals surface area contributed by atoms with Crippen LogP contribution in [0.3, 0.4) is 0 Å². The van der Waals surface area contributed by atoms with Crippen LogP contribution in [0.4, 0.5) is 0 Å². The van der Waals surface area contributed by atoms with Crippen LogP contribution in [0, 0.1) is 0 Å². The minimum Gasteiger partial charge on any atom is -0.356 e. The second kappa shape index (κ2) is 3.69. The molecule has 0 aliphatic carbocycles. The Hall–Kier alpha value is -1.31. The molecule has 0 aliphatic rings. The fourth-order valence-electron chi connectivity index (χ4n) is 1.96. The molecular weight excluding hydrogens is 186 g/mol. The van der Waals surface area contributed by atoms with E-state index in [0.29, 0.717) is 11.8 Å². The Morgan fingerprint density at radius 1 is 1.00 bits per heavy atom. The molecule has 1 heterocycles. The minimum absolute atomic E-state index is 0.474. The predicted octanol–water partition coefficient (Wildman–Crippen LogP) is 4.07. The first-order chi connectivity index (χ1) is 7.11. The van der Waals surface area contributed by atoms with E-state index in [2.05, 4.69) is 45.0 Å². The van der Waals surface area contributed by atoms with E-state index in [1.807, 2.05) is 6.20 Å². The highest BCUT2D eigenvalue weighted by Gasteiger charge is 2.14. The molecule has 0 atom stereocenters. The van der Waals surface area contributed by atoms with Crippen LogP contribution in [0.1, 0.15) is 50.7 Å². The molecule has 0 fully saturated rings. The molecule has 1 aromatic carbocycles. The molecule has 0 spiro atoms. The summed E-state index contributed by atoms with van der Waals surface area (Å²) in [5.41, 5.74) is 3.51. The summed E-state index contributed by atoms with van der Waals surface area (Å²) in [6, 6.07) is 4.35. The van der Waals surface area contributed by atoms with Crippen LogP contribution in [0.15, 0.2) is 22.9 Å². The van der Waals surface area contributed by atoms with E-state index < -0.39 is 0 Å². The zero-order chi connectivity index (χ0) is 11.0. The van der Waals surface area contributed by atoms with Crippen molar-refractivity contribution in [3.8, 4) is 0 Å². The third kappa shape index (κ3) is 1.65. The number of hydrogen-bond acceptors (Lipinski definition) is 2. The molecule has 0 N–H and O–H groups in total. The van der Waals surface area contributed by atoms with Crippen LogP contribution in [0.2, 0.25) is 0 Å². The van der Waals surface area contributed by atoms with E-state index in [0.717, 1.165) is 11.0 Å². The van der Waals surface area contributed by atoms with Gasteiger partial charge in [-0.05, 0) is 17.4 Å². The van der Waals surface area contributed by atoms with E-state index >= 15 is 0 Å². The summed E-state index contributed by atoms with van der Waals surface area (Å²) in [6.45, 7) is 8.73. The maximum absolute atomic E-state index is 5.35. The molecule has 2 nitrogen and oxygen atoms in total. The topological polar surface area (TPSA) is 26.0 Å². The second-order valence-electron chi connectivity index (χ2n) is 4.62. The standard InChI is InChI=1S/C13H17NO/c1-8(2)10-5-6-11(9(3)4)13-12(10)7-14-15-13/h5-9H,1-4H3. The lowest BCUT2D eigenvalue weighted by molar-refractivity contribution is 0.453. The number of benzene rings is 1. The number of nitrogens with zero attached hydrogens (tertiary/aromatic N) is 1. The van der Waals surface area contributed by atoms with Crippen LogP contribution in [0.25, 0.3) is 11.0 Å². The SMILES string of the molecule is CC(C)c1ccc(C(C)C)c2oncc12. The molecule has 0 saturated heterocycles. The second-order valence-corrected chi connectivity index (χ2v) is 4.62. The predicted molar refractivity (Wildman–Crippen MR) is 62.2 cm³/mol. The molecule has 2 rings (SSSR count). The van der Waals surface area contributed by atoms with Gasteiger partial charge in [0.2, 0.25) is 0 Å². The Bertz CT molecular complexity index is 426. The lowest BCUT2D eigenvalue weighted by Crippen LogP contribution is -1.93. The van der Waals surface area contributed by atoms with Crippen molar-refractivity contribution in [1.29, 1.82) is 0 Å². The smallest absolute Gasteiger partial charge is 0.170 e. The van der Waals surface area contributed by atoms with Crippen molar-refractivity contribution in [2.24, 2.45) is 0 Å². The van der Waals surface area contributed by atoms with Gasteiger partial charge in [-0.15, -0.1) is 0 Å². The van der Waals surface area contributed by atoms with E-state index in [-0.39, 0.29) is 0 Å². The van der Waals surface area contributed by atoms with Crippen molar-refractivity contribution < 1.29 is 4.52 Å². The Morgan fingerprint density at radius 2 is 1.60 bits per heavy atom. The summed E-state index contributed by atoms with van der Waals surface area (Å²) in [5, 5.41) is 5.08. The van der Waals surface area contributed by atoms with Crippen LogP contribution in [-0.2, 0) is 0 Å². The monoisotopic (exact) mass is 203 g/mol. The van der Waals surface area contributed by atoms with Crippen molar-refractivity contribution in [3.63, 3.8) is 0 Å². The fourth-order valence-corrected chi connectivity index (χ4v) is 1.96. The van der Waals surface area contributed by atoms with Gasteiger partial charge in [0.1, 0.15) is 0 Å². The lowest BCUT2D eigenvalue weighted by Gasteiger charge is -2.10. The van der Waals surface area contributed by atoms with Crippen molar-refractivity contribution >= 4 is 11.0 Å². The molecule has 0 unspecified atom stereocenters. The molecule has 0 aliphatic heterocycles. The van der Waals surface area contributed by atoms with Crippen LogP contribution in [0.5, 0.6) is 0 Å². The molecule has 1 aromatic heterocycles. The highest BCUT2D eigenvalue weighted by molar-refractivity contribution is 5.83. The first-order valence-corrected chi connectivity index (χ1v) is 5.48. The first-order valence-electron chi connectivity index (χ1n) is 5.48. The number of aromatic nitrogens is 1. The zero-order valence-electron chi connectivity index (χ0n) is 9.74. The van der Waals surface area contributed by atoms with E-state index in [1.165, 1.54) is 11.1 Å². The summed E-state index contributed by atoms with van der Waals surface area (Å²) in [5.74, 6) is 0.981. The van der Waals surface area contributed by atoms with Crippen molar-refractivity contribution in [2.45, 2.75) is 39.5 Å². The number of rotatable bonds is 2. The molecule has 0 bridgehead atoms. The fraction of sp³-hybridized carbons (Fsp3) is 0.462. The largest absolute Gasteiger partial charge is 0.356 e. The summed E-state index contributed by atoms with van der Waals surface area (Å²) in [6.07, 6.45) is 1.83. The van der Waals surface area contributed by atoms with E-state index in [1.54, 1.807) is 0 Å². The van der Waals surface area contributed by atoms with Gasteiger partial charge in [-0.2, -0.15) is 0 Å². The molecule has 15 heavy (non-hydrogen) atoms. The number of fused-ring (bicyclic) bond motifs is 1. The van der Waals surface area contributed by atoms with Crippen LogP contribution >= 0.6 is 0 Å². The van der Waals surface area contributed by atoms with Gasteiger partial charge in [0, 0.05) is 10.9 Å². The number of hydrogen-bond donors (Lipinski definition) is 0. The Morgan fingerprint density at radius 3 is 2.20 bits per heavy atom.